The molecule has 1 aromatic heterocycles. The average molecular weight is 258 g/mol. The van der Waals surface area contributed by atoms with Crippen LogP contribution in [0.2, 0.25) is 0 Å². The van der Waals surface area contributed by atoms with Crippen molar-refractivity contribution < 1.29 is 9.21 Å². The fourth-order valence-corrected chi connectivity index (χ4v) is 1.80. The third kappa shape index (κ3) is 3.68. The number of carbonyl (C=O) groups excluding carboxylic acids is 1. The van der Waals surface area contributed by atoms with Gasteiger partial charge in [-0.05, 0) is 30.5 Å². The molecule has 0 fully saturated rings. The van der Waals surface area contributed by atoms with Crippen molar-refractivity contribution in [1.82, 2.24) is 4.98 Å². The fourth-order valence-electron chi connectivity index (χ4n) is 1.80. The first-order valence-corrected chi connectivity index (χ1v) is 6.51. The second-order valence-electron chi connectivity index (χ2n) is 4.51. The zero-order valence-electron chi connectivity index (χ0n) is 11.3. The summed E-state index contributed by atoms with van der Waals surface area (Å²) in [7, 11) is 0. The van der Waals surface area contributed by atoms with Crippen LogP contribution in [0.5, 0.6) is 0 Å². The van der Waals surface area contributed by atoms with Crippen LogP contribution in [0, 0.1) is 6.92 Å². The van der Waals surface area contributed by atoms with Gasteiger partial charge >= 0.3 is 0 Å². The summed E-state index contributed by atoms with van der Waals surface area (Å²) in [5.74, 6) is 0.234. The molecule has 0 saturated heterocycles. The van der Waals surface area contributed by atoms with Crippen molar-refractivity contribution in [1.29, 1.82) is 0 Å². The van der Waals surface area contributed by atoms with Gasteiger partial charge in [-0.2, -0.15) is 0 Å². The van der Waals surface area contributed by atoms with Gasteiger partial charge in [-0.1, -0.05) is 25.5 Å². The van der Waals surface area contributed by atoms with Crippen LogP contribution in [0.15, 0.2) is 34.9 Å². The van der Waals surface area contributed by atoms with Crippen molar-refractivity contribution in [3.05, 3.63) is 47.7 Å². The van der Waals surface area contributed by atoms with Crippen LogP contribution in [0.1, 0.15) is 41.7 Å². The summed E-state index contributed by atoms with van der Waals surface area (Å²) >= 11 is 0. The van der Waals surface area contributed by atoms with Gasteiger partial charge in [0.05, 0.1) is 0 Å². The molecule has 0 bridgehead atoms. The molecular formula is C15H18N2O2. The number of anilines is 1. The second kappa shape index (κ2) is 6.18. The Labute approximate surface area is 112 Å². The Hall–Kier alpha value is -2.10. The summed E-state index contributed by atoms with van der Waals surface area (Å²) in [5.41, 5.74) is 2.36. The monoisotopic (exact) mass is 258 g/mol. The Morgan fingerprint density at radius 1 is 1.32 bits per heavy atom. The Balaban J connectivity index is 1.97. The van der Waals surface area contributed by atoms with E-state index in [2.05, 4.69) is 17.2 Å². The van der Waals surface area contributed by atoms with Gasteiger partial charge in [0.1, 0.15) is 6.26 Å². The Morgan fingerprint density at radius 2 is 2.05 bits per heavy atom. The number of aromatic nitrogens is 1. The molecule has 0 spiro atoms. The summed E-state index contributed by atoms with van der Waals surface area (Å²) in [6.45, 7) is 3.88. The minimum absolute atomic E-state index is 0.252. The van der Waals surface area contributed by atoms with Crippen LogP contribution in [0.25, 0.3) is 0 Å². The molecule has 0 unspecified atom stereocenters. The number of hydrogen-bond donors (Lipinski definition) is 1. The number of unbranched alkanes of at least 4 members (excludes halogenated alkanes) is 1. The van der Waals surface area contributed by atoms with E-state index in [9.17, 15) is 4.79 Å². The molecule has 0 aliphatic rings. The van der Waals surface area contributed by atoms with Crippen LogP contribution in [-0.2, 0) is 6.42 Å². The van der Waals surface area contributed by atoms with Crippen LogP contribution in [0.4, 0.5) is 5.69 Å². The van der Waals surface area contributed by atoms with E-state index in [-0.39, 0.29) is 5.91 Å². The van der Waals surface area contributed by atoms with Crippen molar-refractivity contribution >= 4 is 11.6 Å². The van der Waals surface area contributed by atoms with Crippen molar-refractivity contribution in [3.8, 4) is 0 Å². The molecule has 2 aromatic rings. The van der Waals surface area contributed by atoms with Crippen molar-refractivity contribution in [2.24, 2.45) is 0 Å². The Morgan fingerprint density at radius 3 is 2.63 bits per heavy atom. The standard InChI is InChI=1S/C15H18N2O2/c1-3-4-5-12-6-8-13(9-7-12)17-15(18)14-10-19-11(2)16-14/h6-10H,3-5H2,1-2H3,(H,17,18). The number of nitrogens with zero attached hydrogens (tertiary/aromatic N) is 1. The number of nitrogens with one attached hydrogen (secondary N) is 1. The number of benzene rings is 1. The third-order valence-electron chi connectivity index (χ3n) is 2.88. The first kappa shape index (κ1) is 13.3. The summed E-state index contributed by atoms with van der Waals surface area (Å²) in [6, 6.07) is 7.91. The highest BCUT2D eigenvalue weighted by Gasteiger charge is 2.10. The van der Waals surface area contributed by atoms with E-state index in [4.69, 9.17) is 4.42 Å². The maximum absolute atomic E-state index is 11.9. The number of amides is 1. The summed E-state index contributed by atoms with van der Waals surface area (Å²) in [5, 5.41) is 2.79. The topological polar surface area (TPSA) is 55.1 Å². The maximum Gasteiger partial charge on any atom is 0.277 e. The minimum Gasteiger partial charge on any atom is -0.448 e. The van der Waals surface area contributed by atoms with E-state index in [1.165, 1.54) is 24.7 Å². The normalized spacial score (nSPS) is 10.4. The number of carbonyl (C=O) groups is 1. The van der Waals surface area contributed by atoms with Crippen LogP contribution in [-0.4, -0.2) is 10.9 Å². The van der Waals surface area contributed by atoms with E-state index in [1.807, 2.05) is 24.3 Å². The number of oxazole rings is 1. The van der Waals surface area contributed by atoms with Gasteiger partial charge in [0.15, 0.2) is 11.6 Å². The molecule has 4 nitrogen and oxygen atoms in total. The summed E-state index contributed by atoms with van der Waals surface area (Å²) in [6.07, 6.45) is 4.81. The number of aryl methyl sites for hydroxylation is 2. The predicted molar refractivity (Wildman–Crippen MR) is 74.2 cm³/mol. The maximum atomic E-state index is 11.9. The number of hydrogen-bond acceptors (Lipinski definition) is 3. The lowest BCUT2D eigenvalue weighted by Crippen LogP contribution is -2.12. The lowest BCUT2D eigenvalue weighted by Gasteiger charge is -2.04. The van der Waals surface area contributed by atoms with E-state index < -0.39 is 0 Å². The highest BCUT2D eigenvalue weighted by Crippen LogP contribution is 2.13. The molecule has 19 heavy (non-hydrogen) atoms. The molecule has 1 aromatic carbocycles. The Kier molecular flexibility index (Phi) is 4.34. The lowest BCUT2D eigenvalue weighted by atomic mass is 10.1. The molecular weight excluding hydrogens is 240 g/mol. The van der Waals surface area contributed by atoms with Gasteiger partial charge in [0.2, 0.25) is 0 Å². The zero-order chi connectivity index (χ0) is 13.7. The lowest BCUT2D eigenvalue weighted by molar-refractivity contribution is 0.102. The van der Waals surface area contributed by atoms with Gasteiger partial charge in [-0.25, -0.2) is 4.98 Å². The van der Waals surface area contributed by atoms with E-state index >= 15 is 0 Å². The first-order chi connectivity index (χ1) is 9.19. The molecule has 0 atom stereocenters. The predicted octanol–water partition coefficient (Wildman–Crippen LogP) is 3.58. The molecule has 100 valence electrons. The van der Waals surface area contributed by atoms with E-state index in [0.29, 0.717) is 11.6 Å². The Bertz CT molecular complexity index is 544. The fraction of sp³-hybridized carbons (Fsp3) is 0.333. The highest BCUT2D eigenvalue weighted by molar-refractivity contribution is 6.02. The SMILES string of the molecule is CCCCc1ccc(NC(=O)c2coc(C)n2)cc1. The van der Waals surface area contributed by atoms with Crippen molar-refractivity contribution in [2.45, 2.75) is 33.1 Å². The van der Waals surface area contributed by atoms with Gasteiger partial charge in [-0.3, -0.25) is 4.79 Å². The molecule has 1 heterocycles. The average Bonchev–Trinajstić information content (AvgIpc) is 2.85. The largest absolute Gasteiger partial charge is 0.448 e. The van der Waals surface area contributed by atoms with Gasteiger partial charge in [0, 0.05) is 12.6 Å². The molecule has 2 rings (SSSR count). The summed E-state index contributed by atoms with van der Waals surface area (Å²) < 4.78 is 5.01. The smallest absolute Gasteiger partial charge is 0.277 e. The number of rotatable bonds is 5. The van der Waals surface area contributed by atoms with E-state index in [0.717, 1.165) is 12.1 Å². The van der Waals surface area contributed by atoms with Gasteiger partial charge in [-0.15, -0.1) is 0 Å². The quantitative estimate of drug-likeness (QED) is 0.891. The van der Waals surface area contributed by atoms with Crippen molar-refractivity contribution in [2.75, 3.05) is 5.32 Å². The molecule has 0 aliphatic carbocycles. The van der Waals surface area contributed by atoms with Crippen molar-refractivity contribution in [3.63, 3.8) is 0 Å². The molecule has 4 heteroatoms. The first-order valence-electron chi connectivity index (χ1n) is 6.51. The van der Waals surface area contributed by atoms with Gasteiger partial charge in [0.25, 0.3) is 5.91 Å². The molecule has 0 aliphatic heterocycles. The van der Waals surface area contributed by atoms with Gasteiger partial charge < -0.3 is 9.73 Å². The van der Waals surface area contributed by atoms with Crippen LogP contribution < -0.4 is 5.32 Å². The second-order valence-corrected chi connectivity index (χ2v) is 4.51. The molecule has 0 saturated carbocycles. The zero-order valence-corrected chi connectivity index (χ0v) is 11.3. The highest BCUT2D eigenvalue weighted by atomic mass is 16.3. The van der Waals surface area contributed by atoms with Crippen LogP contribution >= 0.6 is 0 Å². The molecule has 0 radical (unpaired) electrons. The molecule has 1 N–H and O–H groups in total. The van der Waals surface area contributed by atoms with Crippen LogP contribution in [0.3, 0.4) is 0 Å². The summed E-state index contributed by atoms with van der Waals surface area (Å²) in [4.78, 5) is 15.8. The molecule has 1 amide bonds. The van der Waals surface area contributed by atoms with E-state index in [1.54, 1.807) is 6.92 Å². The minimum atomic E-state index is -0.252. The third-order valence-corrected chi connectivity index (χ3v) is 2.88.